The molecule has 0 saturated heterocycles. The van der Waals surface area contributed by atoms with Crippen molar-refractivity contribution >= 4 is 52.3 Å². The molecule has 2 aromatic carbocycles. The second kappa shape index (κ2) is 10.7. The first-order chi connectivity index (χ1) is 13.3. The molecule has 0 heterocycles. The third-order valence-corrected chi connectivity index (χ3v) is 4.01. The van der Waals surface area contributed by atoms with Gasteiger partial charge in [0.2, 0.25) is 0 Å². The topological polar surface area (TPSA) is 88.7 Å². The molecule has 0 radical (unpaired) electrons. The zero-order valence-electron chi connectivity index (χ0n) is 14.8. The van der Waals surface area contributed by atoms with E-state index in [0.717, 1.165) is 5.56 Å². The lowest BCUT2D eigenvalue weighted by molar-refractivity contribution is -0.124. The highest BCUT2D eigenvalue weighted by atomic mass is 35.5. The summed E-state index contributed by atoms with van der Waals surface area (Å²) in [4.78, 5) is 23.6. The number of aryl methyl sites for hydroxylation is 1. The quantitative estimate of drug-likeness (QED) is 0.471. The average Bonchev–Trinajstić information content (AvgIpc) is 2.65. The summed E-state index contributed by atoms with van der Waals surface area (Å²) in [6, 6.07) is 11.8. The van der Waals surface area contributed by atoms with E-state index in [1.807, 2.05) is 6.92 Å². The molecule has 3 N–H and O–H groups in total. The fourth-order valence-corrected chi connectivity index (χ4v) is 2.56. The second-order valence-electron chi connectivity index (χ2n) is 5.47. The minimum Gasteiger partial charge on any atom is -0.483 e. The Morgan fingerprint density at radius 2 is 1.64 bits per heavy atom. The van der Waals surface area contributed by atoms with Crippen molar-refractivity contribution in [2.75, 3.05) is 13.2 Å². The summed E-state index contributed by atoms with van der Waals surface area (Å²) >= 11 is 16.7. The number of amides is 2. The Morgan fingerprint density at radius 3 is 2.36 bits per heavy atom. The highest BCUT2D eigenvalue weighted by Gasteiger charge is 2.09. The van der Waals surface area contributed by atoms with E-state index in [4.69, 9.17) is 44.9 Å². The summed E-state index contributed by atoms with van der Waals surface area (Å²) in [5.41, 5.74) is 5.51. The van der Waals surface area contributed by atoms with Crippen LogP contribution in [0.15, 0.2) is 42.5 Å². The van der Waals surface area contributed by atoms with Crippen molar-refractivity contribution in [3.63, 3.8) is 0 Å². The average molecular weight is 442 g/mol. The molecule has 0 atom stereocenters. The second-order valence-corrected chi connectivity index (χ2v) is 6.72. The first-order valence-corrected chi connectivity index (χ1v) is 9.16. The third kappa shape index (κ3) is 7.22. The van der Waals surface area contributed by atoms with Gasteiger partial charge in [0.15, 0.2) is 18.3 Å². The number of carbonyl (C=O) groups is 2. The van der Waals surface area contributed by atoms with Crippen molar-refractivity contribution in [2.24, 2.45) is 0 Å². The van der Waals surface area contributed by atoms with E-state index in [9.17, 15) is 9.59 Å². The standard InChI is InChI=1S/C18H17Cl2N3O4S/c1-11-8-12(19)6-7-14(11)26-10-17(25)22-23-18(28)21-16(24)9-27-15-5-3-2-4-13(15)20/h2-8H,9-10H2,1H3,(H,22,25)(H2,21,23,24,28). The van der Waals surface area contributed by atoms with Crippen LogP contribution in [0, 0.1) is 6.92 Å². The summed E-state index contributed by atoms with van der Waals surface area (Å²) in [6.45, 7) is 1.27. The lowest BCUT2D eigenvalue weighted by Gasteiger charge is -2.13. The van der Waals surface area contributed by atoms with Crippen molar-refractivity contribution in [2.45, 2.75) is 6.92 Å². The predicted octanol–water partition coefficient (Wildman–Crippen LogP) is 2.78. The van der Waals surface area contributed by atoms with Crippen LogP contribution >= 0.6 is 35.4 Å². The molecule has 2 amide bonds. The van der Waals surface area contributed by atoms with Gasteiger partial charge in [-0.1, -0.05) is 35.3 Å². The summed E-state index contributed by atoms with van der Waals surface area (Å²) in [5, 5.41) is 3.23. The highest BCUT2D eigenvalue weighted by Crippen LogP contribution is 2.23. The monoisotopic (exact) mass is 441 g/mol. The molecule has 0 saturated carbocycles. The number of benzene rings is 2. The van der Waals surface area contributed by atoms with Gasteiger partial charge in [-0.2, -0.15) is 0 Å². The van der Waals surface area contributed by atoms with Gasteiger partial charge in [-0.25, -0.2) is 0 Å². The maximum absolute atomic E-state index is 11.8. The maximum Gasteiger partial charge on any atom is 0.276 e. The van der Waals surface area contributed by atoms with E-state index < -0.39 is 11.8 Å². The van der Waals surface area contributed by atoms with Crippen molar-refractivity contribution in [1.29, 1.82) is 0 Å². The van der Waals surface area contributed by atoms with Crippen LogP contribution in [-0.2, 0) is 9.59 Å². The van der Waals surface area contributed by atoms with Gasteiger partial charge in [0.25, 0.3) is 11.8 Å². The zero-order chi connectivity index (χ0) is 20.5. The molecular formula is C18H17Cl2N3O4S. The molecule has 10 heteroatoms. The Kier molecular flexibility index (Phi) is 8.31. The lowest BCUT2D eigenvalue weighted by Crippen LogP contribution is -2.50. The van der Waals surface area contributed by atoms with Gasteiger partial charge >= 0.3 is 0 Å². The number of para-hydroxylation sites is 1. The van der Waals surface area contributed by atoms with Crippen LogP contribution in [0.5, 0.6) is 11.5 Å². The van der Waals surface area contributed by atoms with Crippen LogP contribution in [0.25, 0.3) is 0 Å². The van der Waals surface area contributed by atoms with E-state index in [1.165, 1.54) is 0 Å². The predicted molar refractivity (Wildman–Crippen MR) is 111 cm³/mol. The molecule has 2 rings (SSSR count). The molecule has 0 aliphatic heterocycles. The Morgan fingerprint density at radius 1 is 0.964 bits per heavy atom. The molecule has 0 unspecified atom stereocenters. The van der Waals surface area contributed by atoms with Crippen LogP contribution in [0.2, 0.25) is 10.0 Å². The van der Waals surface area contributed by atoms with Crippen molar-refractivity contribution < 1.29 is 19.1 Å². The molecule has 148 valence electrons. The first-order valence-electron chi connectivity index (χ1n) is 8.00. The van der Waals surface area contributed by atoms with Crippen LogP contribution in [0.3, 0.4) is 0 Å². The SMILES string of the molecule is Cc1cc(Cl)ccc1OCC(=O)NNC(=S)NC(=O)COc1ccccc1Cl. The molecule has 0 fully saturated rings. The van der Waals surface area contributed by atoms with Gasteiger partial charge in [-0.3, -0.25) is 25.8 Å². The number of hydrogen-bond acceptors (Lipinski definition) is 5. The van der Waals surface area contributed by atoms with Crippen LogP contribution in [0.4, 0.5) is 0 Å². The number of carbonyl (C=O) groups excluding carboxylic acids is 2. The molecular weight excluding hydrogens is 425 g/mol. The molecule has 0 bridgehead atoms. The zero-order valence-corrected chi connectivity index (χ0v) is 17.1. The van der Waals surface area contributed by atoms with Crippen molar-refractivity contribution in [1.82, 2.24) is 16.2 Å². The fraction of sp³-hybridized carbons (Fsp3) is 0.167. The smallest absolute Gasteiger partial charge is 0.276 e. The number of rotatable bonds is 6. The van der Waals surface area contributed by atoms with E-state index in [-0.39, 0.29) is 18.3 Å². The van der Waals surface area contributed by atoms with Gasteiger partial charge in [0.05, 0.1) is 5.02 Å². The minimum absolute atomic E-state index is 0.0937. The lowest BCUT2D eigenvalue weighted by atomic mass is 10.2. The third-order valence-electron chi connectivity index (χ3n) is 3.26. The van der Waals surface area contributed by atoms with Gasteiger partial charge in [0.1, 0.15) is 11.5 Å². The fourth-order valence-electron chi connectivity index (χ4n) is 1.98. The van der Waals surface area contributed by atoms with Gasteiger partial charge in [-0.15, -0.1) is 0 Å². The molecule has 0 aromatic heterocycles. The molecule has 0 spiro atoms. The molecule has 0 aliphatic carbocycles. The minimum atomic E-state index is -0.514. The number of halogens is 2. The molecule has 28 heavy (non-hydrogen) atoms. The Balaban J connectivity index is 1.67. The van der Waals surface area contributed by atoms with E-state index in [1.54, 1.807) is 42.5 Å². The Labute approximate surface area is 177 Å². The van der Waals surface area contributed by atoms with Crippen LogP contribution < -0.4 is 25.6 Å². The molecule has 0 aliphatic rings. The largest absolute Gasteiger partial charge is 0.483 e. The van der Waals surface area contributed by atoms with Crippen LogP contribution in [0.1, 0.15) is 5.56 Å². The first kappa shape index (κ1) is 21.7. The molecule has 2 aromatic rings. The number of hydrazine groups is 1. The highest BCUT2D eigenvalue weighted by molar-refractivity contribution is 7.80. The van der Waals surface area contributed by atoms with Gasteiger partial charge < -0.3 is 9.47 Å². The number of thiocarbonyl (C=S) groups is 1. The summed E-state index contributed by atoms with van der Waals surface area (Å²) < 4.78 is 10.7. The normalized spacial score (nSPS) is 9.96. The van der Waals surface area contributed by atoms with Gasteiger partial charge in [-0.05, 0) is 55.0 Å². The van der Waals surface area contributed by atoms with E-state index in [0.29, 0.717) is 21.5 Å². The summed E-state index contributed by atoms with van der Waals surface area (Å²) in [6.07, 6.45) is 0. The van der Waals surface area contributed by atoms with Crippen molar-refractivity contribution in [3.05, 3.63) is 58.1 Å². The number of ether oxygens (including phenoxy) is 2. The summed E-state index contributed by atoms with van der Waals surface area (Å²) in [5.74, 6) is -0.0914. The van der Waals surface area contributed by atoms with Gasteiger partial charge in [0, 0.05) is 5.02 Å². The number of hydrogen-bond donors (Lipinski definition) is 3. The van der Waals surface area contributed by atoms with E-state index >= 15 is 0 Å². The van der Waals surface area contributed by atoms with Crippen LogP contribution in [-0.4, -0.2) is 30.1 Å². The Bertz CT molecular complexity index is 880. The van der Waals surface area contributed by atoms with E-state index in [2.05, 4.69) is 16.2 Å². The molecule has 7 nitrogen and oxygen atoms in total. The maximum atomic E-state index is 11.8. The van der Waals surface area contributed by atoms with Crippen molar-refractivity contribution in [3.8, 4) is 11.5 Å². The summed E-state index contributed by atoms with van der Waals surface area (Å²) in [7, 11) is 0. The Hall–Kier alpha value is -2.55. The number of nitrogens with one attached hydrogen (secondary N) is 3.